The third-order valence-corrected chi connectivity index (χ3v) is 2.35. The number of nitrogen functional groups attached to an aromatic ring is 1. The molecule has 2 aromatic rings. The van der Waals surface area contributed by atoms with Gasteiger partial charge in [-0.05, 0) is 35.4 Å². The molecule has 0 aliphatic rings. The van der Waals surface area contributed by atoms with Crippen LogP contribution in [0.1, 0.15) is 0 Å². The smallest absolute Gasteiger partial charge is 0.137 e. The Labute approximate surface area is 94.6 Å². The molecule has 0 amide bonds. The summed E-state index contributed by atoms with van der Waals surface area (Å²) in [5.74, 6) is 0.779. The topological polar surface area (TPSA) is 61.3 Å². The van der Waals surface area contributed by atoms with Crippen LogP contribution in [-0.4, -0.2) is 6.73 Å². The van der Waals surface area contributed by atoms with E-state index in [2.05, 4.69) is 0 Å². The summed E-state index contributed by atoms with van der Waals surface area (Å²) in [6, 6.07) is 15.6. The van der Waals surface area contributed by atoms with Crippen molar-refractivity contribution in [2.45, 2.75) is 0 Å². The number of ether oxygens (including phenoxy) is 1. The molecule has 0 radical (unpaired) electrons. The Kier molecular flexibility index (Phi) is 3.08. The molecule has 3 nitrogen and oxygen atoms in total. The van der Waals surface area contributed by atoms with E-state index in [9.17, 15) is 0 Å². The van der Waals surface area contributed by atoms with Gasteiger partial charge in [0.05, 0.1) is 0 Å². The number of anilines is 1. The van der Waals surface area contributed by atoms with Crippen LogP contribution < -0.4 is 16.2 Å². The maximum atomic E-state index is 5.63. The SMILES string of the molecule is NCOc1ccc(-c2ccc(N)cc2)cc1. The van der Waals surface area contributed by atoms with Crippen LogP contribution >= 0.6 is 0 Å². The van der Waals surface area contributed by atoms with Gasteiger partial charge in [0.25, 0.3) is 0 Å². The number of benzene rings is 2. The molecule has 0 bridgehead atoms. The van der Waals surface area contributed by atoms with Gasteiger partial charge in [-0.3, -0.25) is 5.73 Å². The number of rotatable bonds is 3. The second-order valence-corrected chi connectivity index (χ2v) is 3.46. The lowest BCUT2D eigenvalue weighted by atomic mass is 10.1. The molecule has 2 rings (SSSR count). The zero-order valence-corrected chi connectivity index (χ0v) is 8.89. The fraction of sp³-hybridized carbons (Fsp3) is 0.0769. The minimum atomic E-state index is 0.196. The van der Waals surface area contributed by atoms with Crippen LogP contribution in [0, 0.1) is 0 Å². The van der Waals surface area contributed by atoms with E-state index in [4.69, 9.17) is 16.2 Å². The van der Waals surface area contributed by atoms with Crippen LogP contribution in [0.15, 0.2) is 48.5 Å². The van der Waals surface area contributed by atoms with Gasteiger partial charge in [0.2, 0.25) is 0 Å². The second kappa shape index (κ2) is 4.68. The lowest BCUT2D eigenvalue weighted by molar-refractivity contribution is 0.330. The summed E-state index contributed by atoms with van der Waals surface area (Å²) in [4.78, 5) is 0. The van der Waals surface area contributed by atoms with Crippen LogP contribution in [0.2, 0.25) is 0 Å². The first-order valence-electron chi connectivity index (χ1n) is 5.08. The molecule has 0 saturated heterocycles. The van der Waals surface area contributed by atoms with Gasteiger partial charge in [-0.1, -0.05) is 24.3 Å². The minimum Gasteiger partial charge on any atom is -0.479 e. The van der Waals surface area contributed by atoms with Crippen LogP contribution in [0.4, 0.5) is 5.69 Å². The molecular formula is C13H14N2O. The van der Waals surface area contributed by atoms with Gasteiger partial charge >= 0.3 is 0 Å². The molecule has 3 heteroatoms. The average Bonchev–Trinajstić information content (AvgIpc) is 2.32. The number of hydrogen-bond acceptors (Lipinski definition) is 3. The summed E-state index contributed by atoms with van der Waals surface area (Å²) in [5.41, 5.74) is 14.0. The third-order valence-electron chi connectivity index (χ3n) is 2.35. The van der Waals surface area contributed by atoms with E-state index >= 15 is 0 Å². The van der Waals surface area contributed by atoms with E-state index in [1.165, 1.54) is 0 Å². The molecule has 16 heavy (non-hydrogen) atoms. The normalized spacial score (nSPS) is 10.1. The van der Waals surface area contributed by atoms with Crippen LogP contribution in [0.3, 0.4) is 0 Å². The van der Waals surface area contributed by atoms with E-state index in [0.717, 1.165) is 22.6 Å². The summed E-state index contributed by atoms with van der Waals surface area (Å²) in [5, 5.41) is 0. The van der Waals surface area contributed by atoms with Crippen molar-refractivity contribution in [3.63, 3.8) is 0 Å². The molecule has 4 N–H and O–H groups in total. The van der Waals surface area contributed by atoms with Crippen LogP contribution in [-0.2, 0) is 0 Å². The molecule has 0 spiro atoms. The molecule has 0 fully saturated rings. The van der Waals surface area contributed by atoms with Crippen molar-refractivity contribution in [3.05, 3.63) is 48.5 Å². The van der Waals surface area contributed by atoms with E-state index in [-0.39, 0.29) is 6.73 Å². The van der Waals surface area contributed by atoms with Crippen molar-refractivity contribution >= 4 is 5.69 Å². The largest absolute Gasteiger partial charge is 0.479 e. The van der Waals surface area contributed by atoms with Crippen molar-refractivity contribution in [2.24, 2.45) is 5.73 Å². The Morgan fingerprint density at radius 1 is 0.812 bits per heavy atom. The molecule has 0 aliphatic carbocycles. The molecule has 82 valence electrons. The summed E-state index contributed by atoms with van der Waals surface area (Å²) in [6.07, 6.45) is 0. The number of nitrogens with two attached hydrogens (primary N) is 2. The Balaban J connectivity index is 2.24. The molecule has 0 heterocycles. The maximum absolute atomic E-state index is 5.63. The first-order chi connectivity index (χ1) is 7.79. The molecule has 2 aromatic carbocycles. The van der Waals surface area contributed by atoms with Gasteiger partial charge in [-0.2, -0.15) is 0 Å². The van der Waals surface area contributed by atoms with Crippen LogP contribution in [0.5, 0.6) is 5.75 Å². The zero-order valence-electron chi connectivity index (χ0n) is 8.89. The summed E-state index contributed by atoms with van der Waals surface area (Å²) < 4.78 is 5.17. The summed E-state index contributed by atoms with van der Waals surface area (Å²) >= 11 is 0. The fourth-order valence-corrected chi connectivity index (χ4v) is 1.52. The highest BCUT2D eigenvalue weighted by atomic mass is 16.5. The van der Waals surface area contributed by atoms with Gasteiger partial charge < -0.3 is 10.5 Å². The van der Waals surface area contributed by atoms with Crippen LogP contribution in [0.25, 0.3) is 11.1 Å². The molecule has 0 saturated carbocycles. The Bertz CT molecular complexity index is 448. The number of hydrogen-bond donors (Lipinski definition) is 2. The van der Waals surface area contributed by atoms with Gasteiger partial charge in [-0.15, -0.1) is 0 Å². The van der Waals surface area contributed by atoms with Gasteiger partial charge in [0.15, 0.2) is 0 Å². The average molecular weight is 214 g/mol. The van der Waals surface area contributed by atoms with Crippen molar-refractivity contribution in [1.82, 2.24) is 0 Å². The first kappa shape index (κ1) is 10.5. The highest BCUT2D eigenvalue weighted by Crippen LogP contribution is 2.23. The molecular weight excluding hydrogens is 200 g/mol. The standard InChI is InChI=1S/C13H14N2O/c14-9-16-13-7-3-11(4-8-13)10-1-5-12(15)6-2-10/h1-8H,9,14-15H2. The van der Waals surface area contributed by atoms with Gasteiger partial charge in [0.1, 0.15) is 12.5 Å². The van der Waals surface area contributed by atoms with Crippen molar-refractivity contribution in [3.8, 4) is 16.9 Å². The monoisotopic (exact) mass is 214 g/mol. The Morgan fingerprint density at radius 2 is 1.31 bits per heavy atom. The molecule has 0 unspecified atom stereocenters. The quantitative estimate of drug-likeness (QED) is 0.608. The molecule has 0 aliphatic heterocycles. The zero-order chi connectivity index (χ0) is 11.4. The van der Waals surface area contributed by atoms with E-state index in [1.807, 2.05) is 48.5 Å². The Morgan fingerprint density at radius 3 is 1.81 bits per heavy atom. The first-order valence-corrected chi connectivity index (χ1v) is 5.08. The minimum absolute atomic E-state index is 0.196. The van der Waals surface area contributed by atoms with Crippen molar-refractivity contribution in [2.75, 3.05) is 12.5 Å². The maximum Gasteiger partial charge on any atom is 0.137 e. The Hall–Kier alpha value is -2.00. The predicted octanol–water partition coefficient (Wildman–Crippen LogP) is 2.23. The summed E-state index contributed by atoms with van der Waals surface area (Å²) in [7, 11) is 0. The fourth-order valence-electron chi connectivity index (χ4n) is 1.52. The lowest BCUT2D eigenvalue weighted by Crippen LogP contribution is -2.06. The van der Waals surface area contributed by atoms with E-state index in [0.29, 0.717) is 0 Å². The van der Waals surface area contributed by atoms with Crippen molar-refractivity contribution in [1.29, 1.82) is 0 Å². The highest BCUT2D eigenvalue weighted by molar-refractivity contribution is 5.66. The summed E-state index contributed by atoms with van der Waals surface area (Å²) in [6.45, 7) is 0.196. The highest BCUT2D eigenvalue weighted by Gasteiger charge is 1.98. The predicted molar refractivity (Wildman–Crippen MR) is 66.0 cm³/mol. The lowest BCUT2D eigenvalue weighted by Gasteiger charge is -2.05. The van der Waals surface area contributed by atoms with Gasteiger partial charge in [-0.25, -0.2) is 0 Å². The van der Waals surface area contributed by atoms with E-state index < -0.39 is 0 Å². The van der Waals surface area contributed by atoms with E-state index in [1.54, 1.807) is 0 Å². The second-order valence-electron chi connectivity index (χ2n) is 3.46. The van der Waals surface area contributed by atoms with Crippen molar-refractivity contribution < 1.29 is 4.74 Å². The van der Waals surface area contributed by atoms with Gasteiger partial charge in [0, 0.05) is 5.69 Å². The molecule has 0 atom stereocenters. The third kappa shape index (κ3) is 2.32. The molecule has 0 aromatic heterocycles.